The van der Waals surface area contributed by atoms with Crippen molar-refractivity contribution in [1.82, 2.24) is 9.97 Å². The topological polar surface area (TPSA) is 29.0 Å². The summed E-state index contributed by atoms with van der Waals surface area (Å²) in [6.07, 6.45) is 10.5. The van der Waals surface area contributed by atoms with Crippen molar-refractivity contribution in [2.45, 2.75) is 46.0 Å². The highest BCUT2D eigenvalue weighted by molar-refractivity contribution is 5.29. The van der Waals surface area contributed by atoms with Crippen LogP contribution in [-0.4, -0.2) is 23.1 Å². The summed E-state index contributed by atoms with van der Waals surface area (Å²) >= 11 is 0. The standard InChI is InChI=1S/C15H23N3/c1-14(2)4-5-15(12-14)6-10-18(11-7-15)13-16-8-3-9-17-13/h3,8-9H,4-7,10-12H2,1-2H3. The molecule has 2 fully saturated rings. The molecule has 0 unspecified atom stereocenters. The third kappa shape index (κ3) is 2.23. The Labute approximate surface area is 110 Å². The van der Waals surface area contributed by atoms with Crippen LogP contribution in [0.3, 0.4) is 0 Å². The molecule has 0 radical (unpaired) electrons. The van der Waals surface area contributed by atoms with Crippen LogP contribution in [0, 0.1) is 10.8 Å². The lowest BCUT2D eigenvalue weighted by Gasteiger charge is -2.40. The van der Waals surface area contributed by atoms with E-state index in [0.29, 0.717) is 10.8 Å². The Balaban J connectivity index is 1.65. The molecular formula is C15H23N3. The fourth-order valence-electron chi connectivity index (χ4n) is 3.86. The molecule has 2 heterocycles. The number of aromatic nitrogens is 2. The van der Waals surface area contributed by atoms with Gasteiger partial charge in [-0.15, -0.1) is 0 Å². The summed E-state index contributed by atoms with van der Waals surface area (Å²) in [6.45, 7) is 7.10. The summed E-state index contributed by atoms with van der Waals surface area (Å²) in [4.78, 5) is 11.1. The van der Waals surface area contributed by atoms with Crippen molar-refractivity contribution in [2.75, 3.05) is 18.0 Å². The maximum absolute atomic E-state index is 4.36. The average Bonchev–Trinajstić information content (AvgIpc) is 2.67. The molecule has 2 aliphatic rings. The highest BCUT2D eigenvalue weighted by atomic mass is 15.2. The lowest BCUT2D eigenvalue weighted by atomic mass is 9.74. The first-order valence-corrected chi connectivity index (χ1v) is 7.11. The molecule has 1 aliphatic carbocycles. The van der Waals surface area contributed by atoms with Gasteiger partial charge in [0.15, 0.2) is 0 Å². The van der Waals surface area contributed by atoms with Gasteiger partial charge in [-0.3, -0.25) is 0 Å². The Kier molecular flexibility index (Phi) is 2.80. The molecular weight excluding hydrogens is 222 g/mol. The number of anilines is 1. The van der Waals surface area contributed by atoms with Gasteiger partial charge in [-0.1, -0.05) is 13.8 Å². The van der Waals surface area contributed by atoms with E-state index in [1.54, 1.807) is 0 Å². The molecule has 18 heavy (non-hydrogen) atoms. The van der Waals surface area contributed by atoms with Crippen LogP contribution in [0.2, 0.25) is 0 Å². The molecule has 1 spiro atoms. The van der Waals surface area contributed by atoms with E-state index >= 15 is 0 Å². The molecule has 0 N–H and O–H groups in total. The van der Waals surface area contributed by atoms with Crippen LogP contribution in [-0.2, 0) is 0 Å². The Hall–Kier alpha value is -1.12. The smallest absolute Gasteiger partial charge is 0.225 e. The van der Waals surface area contributed by atoms with Crippen LogP contribution in [0.4, 0.5) is 5.95 Å². The predicted molar refractivity (Wildman–Crippen MR) is 73.5 cm³/mol. The van der Waals surface area contributed by atoms with Crippen molar-refractivity contribution >= 4 is 5.95 Å². The third-order valence-electron chi connectivity index (χ3n) is 4.84. The molecule has 0 aromatic carbocycles. The van der Waals surface area contributed by atoms with Gasteiger partial charge in [-0.05, 0) is 49.0 Å². The second-order valence-electron chi connectivity index (χ2n) is 6.88. The summed E-state index contributed by atoms with van der Waals surface area (Å²) in [7, 11) is 0. The molecule has 0 bridgehead atoms. The third-order valence-corrected chi connectivity index (χ3v) is 4.84. The van der Waals surface area contributed by atoms with E-state index < -0.39 is 0 Å². The number of hydrogen-bond donors (Lipinski definition) is 0. The van der Waals surface area contributed by atoms with Gasteiger partial charge in [0, 0.05) is 25.5 Å². The molecule has 1 aromatic rings. The zero-order valence-electron chi connectivity index (χ0n) is 11.5. The molecule has 3 rings (SSSR count). The van der Waals surface area contributed by atoms with Crippen molar-refractivity contribution < 1.29 is 0 Å². The minimum atomic E-state index is 0.561. The highest BCUT2D eigenvalue weighted by Gasteiger charge is 2.44. The van der Waals surface area contributed by atoms with Crippen LogP contribution in [0.15, 0.2) is 18.5 Å². The fraction of sp³-hybridized carbons (Fsp3) is 0.733. The van der Waals surface area contributed by atoms with E-state index in [1.807, 2.05) is 18.5 Å². The Bertz CT molecular complexity index is 405. The van der Waals surface area contributed by atoms with E-state index in [4.69, 9.17) is 0 Å². The van der Waals surface area contributed by atoms with Crippen molar-refractivity contribution in [1.29, 1.82) is 0 Å². The van der Waals surface area contributed by atoms with Crippen LogP contribution < -0.4 is 4.90 Å². The van der Waals surface area contributed by atoms with Gasteiger partial charge in [0.1, 0.15) is 0 Å². The van der Waals surface area contributed by atoms with E-state index in [1.165, 1.54) is 32.1 Å². The highest BCUT2D eigenvalue weighted by Crippen LogP contribution is 2.54. The summed E-state index contributed by atoms with van der Waals surface area (Å²) in [5.74, 6) is 0.907. The fourth-order valence-corrected chi connectivity index (χ4v) is 3.86. The molecule has 1 aliphatic heterocycles. The molecule has 3 heteroatoms. The van der Waals surface area contributed by atoms with Crippen LogP contribution in [0.25, 0.3) is 0 Å². The Morgan fingerprint density at radius 3 is 2.22 bits per heavy atom. The number of hydrogen-bond acceptors (Lipinski definition) is 3. The molecule has 1 aromatic heterocycles. The average molecular weight is 245 g/mol. The molecule has 0 atom stereocenters. The second-order valence-corrected chi connectivity index (χ2v) is 6.88. The van der Waals surface area contributed by atoms with Crippen LogP contribution in [0.5, 0.6) is 0 Å². The van der Waals surface area contributed by atoms with Crippen molar-refractivity contribution in [3.63, 3.8) is 0 Å². The number of rotatable bonds is 1. The lowest BCUT2D eigenvalue weighted by Crippen LogP contribution is -2.40. The molecule has 3 nitrogen and oxygen atoms in total. The van der Waals surface area contributed by atoms with Crippen LogP contribution >= 0.6 is 0 Å². The van der Waals surface area contributed by atoms with Crippen molar-refractivity contribution in [2.24, 2.45) is 10.8 Å². The number of piperidine rings is 1. The summed E-state index contributed by atoms with van der Waals surface area (Å²) in [5, 5.41) is 0. The van der Waals surface area contributed by atoms with E-state index in [-0.39, 0.29) is 0 Å². The second kappa shape index (κ2) is 4.22. The van der Waals surface area contributed by atoms with Gasteiger partial charge < -0.3 is 4.90 Å². The summed E-state index contributed by atoms with van der Waals surface area (Å²) in [6, 6.07) is 1.88. The zero-order chi connectivity index (χ0) is 12.6. The Morgan fingerprint density at radius 2 is 1.67 bits per heavy atom. The van der Waals surface area contributed by atoms with Gasteiger partial charge in [-0.2, -0.15) is 0 Å². The first-order valence-electron chi connectivity index (χ1n) is 7.11. The zero-order valence-corrected chi connectivity index (χ0v) is 11.5. The quantitative estimate of drug-likeness (QED) is 0.760. The van der Waals surface area contributed by atoms with Crippen LogP contribution in [0.1, 0.15) is 46.0 Å². The van der Waals surface area contributed by atoms with Crippen molar-refractivity contribution in [3.05, 3.63) is 18.5 Å². The maximum Gasteiger partial charge on any atom is 0.225 e. The maximum atomic E-state index is 4.36. The predicted octanol–water partition coefficient (Wildman–Crippen LogP) is 3.27. The van der Waals surface area contributed by atoms with E-state index in [2.05, 4.69) is 28.7 Å². The molecule has 98 valence electrons. The monoisotopic (exact) mass is 245 g/mol. The van der Waals surface area contributed by atoms with Gasteiger partial charge >= 0.3 is 0 Å². The molecule has 1 saturated heterocycles. The lowest BCUT2D eigenvalue weighted by molar-refractivity contribution is 0.198. The normalized spacial score (nSPS) is 25.6. The van der Waals surface area contributed by atoms with Gasteiger partial charge in [0.25, 0.3) is 0 Å². The first-order chi connectivity index (χ1) is 8.59. The minimum Gasteiger partial charge on any atom is -0.341 e. The van der Waals surface area contributed by atoms with Crippen molar-refractivity contribution in [3.8, 4) is 0 Å². The van der Waals surface area contributed by atoms with Gasteiger partial charge in [0.2, 0.25) is 5.95 Å². The van der Waals surface area contributed by atoms with Gasteiger partial charge in [-0.25, -0.2) is 9.97 Å². The number of nitrogens with zero attached hydrogens (tertiary/aromatic N) is 3. The van der Waals surface area contributed by atoms with E-state index in [0.717, 1.165) is 19.0 Å². The van der Waals surface area contributed by atoms with Gasteiger partial charge in [0.05, 0.1) is 0 Å². The summed E-state index contributed by atoms with van der Waals surface area (Å²) < 4.78 is 0. The minimum absolute atomic E-state index is 0.561. The SMILES string of the molecule is CC1(C)CCC2(CCN(c3ncccn3)CC2)C1. The first kappa shape index (κ1) is 11.9. The molecule has 0 amide bonds. The molecule has 1 saturated carbocycles. The Morgan fingerprint density at radius 1 is 1.00 bits per heavy atom. The van der Waals surface area contributed by atoms with E-state index in [9.17, 15) is 0 Å². The summed E-state index contributed by atoms with van der Waals surface area (Å²) in [5.41, 5.74) is 1.18. The largest absolute Gasteiger partial charge is 0.341 e.